The third kappa shape index (κ3) is 3.62. The van der Waals surface area contributed by atoms with Crippen molar-refractivity contribution in [1.82, 2.24) is 24.9 Å². The fourth-order valence-electron chi connectivity index (χ4n) is 5.60. The summed E-state index contributed by atoms with van der Waals surface area (Å²) in [6.07, 6.45) is 1.40. The van der Waals surface area contributed by atoms with E-state index >= 15 is 0 Å². The fraction of sp³-hybridized carbons (Fsp3) is 0.333. The first-order valence-corrected chi connectivity index (χ1v) is 12.3. The molecule has 4 aromatic rings. The van der Waals surface area contributed by atoms with Crippen LogP contribution in [0, 0.1) is 6.92 Å². The number of carbonyl (C=O) groups is 2. The summed E-state index contributed by atoms with van der Waals surface area (Å²) in [7, 11) is 2.05. The number of hydrogen-bond donors (Lipinski definition) is 1. The van der Waals surface area contributed by atoms with Crippen LogP contribution >= 0.6 is 0 Å². The van der Waals surface area contributed by atoms with Gasteiger partial charge in [0, 0.05) is 50.4 Å². The van der Waals surface area contributed by atoms with Crippen molar-refractivity contribution in [3.05, 3.63) is 77.1 Å². The van der Waals surface area contributed by atoms with E-state index in [1.807, 2.05) is 42.3 Å². The van der Waals surface area contributed by atoms with E-state index in [4.69, 9.17) is 4.52 Å². The van der Waals surface area contributed by atoms with Crippen molar-refractivity contribution in [1.29, 1.82) is 0 Å². The van der Waals surface area contributed by atoms with Crippen molar-refractivity contribution in [3.63, 3.8) is 0 Å². The van der Waals surface area contributed by atoms with Crippen LogP contribution in [0.25, 0.3) is 10.9 Å². The molecular formula is C27H28N6O3. The zero-order chi connectivity index (χ0) is 24.8. The molecule has 0 unspecified atom stereocenters. The molecule has 1 N–H and O–H groups in total. The van der Waals surface area contributed by atoms with Crippen molar-refractivity contribution < 1.29 is 14.1 Å². The Bertz CT molecular complexity index is 1470. The number of anilines is 1. The quantitative estimate of drug-likeness (QED) is 0.451. The molecule has 9 heteroatoms. The van der Waals surface area contributed by atoms with Crippen molar-refractivity contribution in [2.45, 2.75) is 38.9 Å². The smallest absolute Gasteiger partial charge is 0.257 e. The number of nitrogens with zero attached hydrogens (tertiary/aromatic N) is 5. The lowest BCUT2D eigenvalue weighted by atomic mass is 9.96. The van der Waals surface area contributed by atoms with Gasteiger partial charge in [0.1, 0.15) is 6.17 Å². The van der Waals surface area contributed by atoms with E-state index in [1.54, 1.807) is 6.92 Å². The Morgan fingerprint density at radius 2 is 1.97 bits per heavy atom. The number of amides is 2. The molecule has 0 fully saturated rings. The minimum Gasteiger partial charge on any atom is -0.356 e. The Kier molecular flexibility index (Phi) is 5.47. The summed E-state index contributed by atoms with van der Waals surface area (Å²) in [6, 6.07) is 16.1. The monoisotopic (exact) mass is 484 g/mol. The van der Waals surface area contributed by atoms with Gasteiger partial charge in [-0.1, -0.05) is 35.5 Å². The summed E-state index contributed by atoms with van der Waals surface area (Å²) < 4.78 is 7.35. The van der Waals surface area contributed by atoms with E-state index < -0.39 is 0 Å². The van der Waals surface area contributed by atoms with Gasteiger partial charge in [0.15, 0.2) is 5.82 Å². The minimum absolute atomic E-state index is 0.0381. The molecule has 0 aliphatic carbocycles. The molecule has 2 aliphatic heterocycles. The molecule has 1 atom stereocenters. The highest BCUT2D eigenvalue weighted by molar-refractivity contribution is 6.02. The lowest BCUT2D eigenvalue weighted by Gasteiger charge is -2.46. The number of fused-ring (bicyclic) bond motifs is 6. The van der Waals surface area contributed by atoms with E-state index in [2.05, 4.69) is 43.1 Å². The topological polar surface area (TPSA) is 96.5 Å². The molecule has 9 nitrogen and oxygen atoms in total. The number of aryl methyl sites for hydroxylation is 2. The predicted molar refractivity (Wildman–Crippen MR) is 135 cm³/mol. The molecular weight excluding hydrogens is 456 g/mol. The lowest BCUT2D eigenvalue weighted by Crippen LogP contribution is -2.51. The average Bonchev–Trinajstić information content (AvgIpc) is 3.46. The first-order valence-electron chi connectivity index (χ1n) is 12.3. The second kappa shape index (κ2) is 8.82. The van der Waals surface area contributed by atoms with Gasteiger partial charge < -0.3 is 24.2 Å². The minimum atomic E-state index is -0.215. The molecule has 6 rings (SSSR count). The Hall–Kier alpha value is -4.14. The summed E-state index contributed by atoms with van der Waals surface area (Å²) in [5, 5.41) is 7.93. The molecule has 2 aromatic heterocycles. The van der Waals surface area contributed by atoms with Crippen LogP contribution in [0.4, 0.5) is 5.69 Å². The number of nitrogens with one attached hydrogen (secondary N) is 1. The van der Waals surface area contributed by atoms with Crippen molar-refractivity contribution in [3.8, 4) is 0 Å². The molecule has 36 heavy (non-hydrogen) atoms. The summed E-state index contributed by atoms with van der Waals surface area (Å²) in [6.45, 7) is 3.40. The molecule has 2 amide bonds. The fourth-order valence-corrected chi connectivity index (χ4v) is 5.60. The van der Waals surface area contributed by atoms with E-state index in [0.29, 0.717) is 44.2 Å². The van der Waals surface area contributed by atoms with Gasteiger partial charge in [-0.05, 0) is 37.1 Å². The molecule has 2 aliphatic rings. The Balaban J connectivity index is 1.29. The highest BCUT2D eigenvalue weighted by atomic mass is 16.5. The molecule has 0 saturated carbocycles. The Morgan fingerprint density at radius 1 is 1.17 bits per heavy atom. The van der Waals surface area contributed by atoms with Crippen LogP contribution < -0.4 is 10.2 Å². The first kappa shape index (κ1) is 22.3. The maximum absolute atomic E-state index is 13.4. The third-order valence-electron chi connectivity index (χ3n) is 7.20. The maximum Gasteiger partial charge on any atom is 0.257 e. The normalized spacial score (nSPS) is 16.6. The molecule has 0 spiro atoms. The molecule has 0 saturated heterocycles. The average molecular weight is 485 g/mol. The number of hydrogen-bond acceptors (Lipinski definition) is 6. The zero-order valence-corrected chi connectivity index (χ0v) is 20.4. The summed E-state index contributed by atoms with van der Waals surface area (Å²) >= 11 is 0. The lowest BCUT2D eigenvalue weighted by molar-refractivity contribution is -0.121. The van der Waals surface area contributed by atoms with Crippen LogP contribution in [0.5, 0.6) is 0 Å². The summed E-state index contributed by atoms with van der Waals surface area (Å²) in [4.78, 5) is 34.5. The third-order valence-corrected chi connectivity index (χ3v) is 7.20. The zero-order valence-electron chi connectivity index (χ0n) is 20.4. The van der Waals surface area contributed by atoms with Gasteiger partial charge in [0.2, 0.25) is 11.8 Å². The van der Waals surface area contributed by atoms with Crippen LogP contribution in [0.3, 0.4) is 0 Å². The summed E-state index contributed by atoms with van der Waals surface area (Å²) in [5.41, 5.74) is 5.12. The molecule has 2 aromatic carbocycles. The standard InChI is InChI=1S/C27H28N6O3/c1-17-29-24(36-30-17)11-14-28-23(34)13-16-32-22-10-6-3-7-18(22)19-12-15-33-26(25(19)32)31(2)21-9-5-4-8-20(21)27(33)35/h3-10,26H,11-16H2,1-2H3,(H,28,34)/t26-/m1/s1. The van der Waals surface area contributed by atoms with Gasteiger partial charge in [-0.3, -0.25) is 9.59 Å². The van der Waals surface area contributed by atoms with Crippen LogP contribution in [0.15, 0.2) is 53.1 Å². The van der Waals surface area contributed by atoms with Crippen LogP contribution in [-0.2, 0) is 24.2 Å². The van der Waals surface area contributed by atoms with Gasteiger partial charge in [-0.25, -0.2) is 0 Å². The molecule has 4 heterocycles. The summed E-state index contributed by atoms with van der Waals surface area (Å²) in [5.74, 6) is 1.13. The molecule has 0 bridgehead atoms. The highest BCUT2D eigenvalue weighted by Crippen LogP contribution is 2.44. The first-order chi connectivity index (χ1) is 17.5. The van der Waals surface area contributed by atoms with Crippen LogP contribution in [-0.4, -0.2) is 51.6 Å². The maximum atomic E-state index is 13.4. The molecule has 184 valence electrons. The largest absolute Gasteiger partial charge is 0.356 e. The van der Waals surface area contributed by atoms with Gasteiger partial charge in [0.25, 0.3) is 5.91 Å². The van der Waals surface area contributed by atoms with Gasteiger partial charge >= 0.3 is 0 Å². The highest BCUT2D eigenvalue weighted by Gasteiger charge is 2.42. The van der Waals surface area contributed by atoms with Crippen LogP contribution in [0.2, 0.25) is 0 Å². The number of aromatic nitrogens is 3. The van der Waals surface area contributed by atoms with Gasteiger partial charge in [-0.2, -0.15) is 4.98 Å². The van der Waals surface area contributed by atoms with E-state index in [0.717, 1.165) is 28.9 Å². The van der Waals surface area contributed by atoms with E-state index in [-0.39, 0.29) is 18.0 Å². The van der Waals surface area contributed by atoms with Gasteiger partial charge in [0.05, 0.1) is 16.9 Å². The van der Waals surface area contributed by atoms with Crippen molar-refractivity contribution in [2.24, 2.45) is 0 Å². The Morgan fingerprint density at radius 3 is 2.81 bits per heavy atom. The number of rotatable bonds is 6. The van der Waals surface area contributed by atoms with Gasteiger partial charge in [-0.15, -0.1) is 0 Å². The second-order valence-electron chi connectivity index (χ2n) is 9.37. The van der Waals surface area contributed by atoms with Crippen molar-refractivity contribution in [2.75, 3.05) is 25.0 Å². The van der Waals surface area contributed by atoms with Crippen molar-refractivity contribution >= 4 is 28.4 Å². The number of benzene rings is 2. The van der Waals surface area contributed by atoms with Crippen LogP contribution in [0.1, 0.15) is 45.9 Å². The SMILES string of the molecule is Cc1noc(CCNC(=O)CCn2c3c(c4ccccc42)CCN2C(=O)c4ccccc4N(C)[C@@H]32)n1. The second-order valence-corrected chi connectivity index (χ2v) is 9.37. The molecule has 0 radical (unpaired) electrons. The predicted octanol–water partition coefficient (Wildman–Crippen LogP) is 3.23. The van der Waals surface area contributed by atoms with E-state index in [1.165, 1.54) is 10.9 Å². The van der Waals surface area contributed by atoms with E-state index in [9.17, 15) is 9.59 Å². The Labute approximate surface area is 208 Å². The number of carbonyl (C=O) groups excluding carboxylic acids is 2. The number of para-hydroxylation sites is 2.